The summed E-state index contributed by atoms with van der Waals surface area (Å²) in [5.41, 5.74) is 0.843. The average molecular weight is 353 g/mol. The van der Waals surface area contributed by atoms with E-state index < -0.39 is 0 Å². The summed E-state index contributed by atoms with van der Waals surface area (Å²) in [5, 5.41) is 3.42. The molecule has 25 heavy (non-hydrogen) atoms. The fourth-order valence-corrected chi connectivity index (χ4v) is 4.62. The Hall–Kier alpha value is -1.78. The highest BCUT2D eigenvalue weighted by Gasteiger charge is 2.36. The number of hydrogen-bond acceptors (Lipinski definition) is 3. The Morgan fingerprint density at radius 1 is 0.960 bits per heavy atom. The molecule has 0 bridgehead atoms. The highest BCUT2D eigenvalue weighted by atomic mass is 32.2. The summed E-state index contributed by atoms with van der Waals surface area (Å²) in [6.45, 7) is 1.94. The fraction of sp³-hybridized carbons (Fsp3) is 0.381. The van der Waals surface area contributed by atoms with Crippen LogP contribution < -0.4 is 5.32 Å². The summed E-state index contributed by atoms with van der Waals surface area (Å²) in [6, 6.07) is 19.1. The number of carbonyl (C=O) groups is 1. The van der Waals surface area contributed by atoms with E-state index in [1.54, 1.807) is 11.8 Å². The van der Waals surface area contributed by atoms with Crippen LogP contribution in [0.4, 0.5) is 0 Å². The van der Waals surface area contributed by atoms with Crippen LogP contribution in [0.5, 0.6) is 0 Å². The minimum atomic E-state index is 0.206. The first kappa shape index (κ1) is 16.7. The van der Waals surface area contributed by atoms with Crippen LogP contribution in [0.25, 0.3) is 0 Å². The van der Waals surface area contributed by atoms with Crippen LogP contribution in [0.3, 0.4) is 0 Å². The van der Waals surface area contributed by atoms with Gasteiger partial charge in [0, 0.05) is 28.4 Å². The molecule has 0 radical (unpaired) electrons. The second kappa shape index (κ2) is 7.63. The number of benzene rings is 2. The Balaban J connectivity index is 1.62. The maximum atomic E-state index is 13.5. The second-order valence-electron chi connectivity index (χ2n) is 6.86. The van der Waals surface area contributed by atoms with E-state index in [2.05, 4.69) is 28.4 Å². The highest BCUT2D eigenvalue weighted by Crippen LogP contribution is 2.34. The first-order chi connectivity index (χ1) is 12.3. The molecule has 3 nitrogen and oxygen atoms in total. The number of nitrogens with one attached hydrogen (secondary N) is 1. The predicted octanol–water partition coefficient (Wildman–Crippen LogP) is 4.19. The van der Waals surface area contributed by atoms with Gasteiger partial charge in [-0.15, -0.1) is 0 Å². The molecular weight excluding hydrogens is 328 g/mol. The van der Waals surface area contributed by atoms with Gasteiger partial charge in [-0.25, -0.2) is 0 Å². The van der Waals surface area contributed by atoms with Gasteiger partial charge in [-0.05, 0) is 56.5 Å². The average Bonchev–Trinajstić information content (AvgIpc) is 3.13. The Kier molecular flexibility index (Phi) is 5.09. The minimum Gasteiger partial charge on any atom is -0.331 e. The molecule has 2 aromatic rings. The van der Waals surface area contributed by atoms with Gasteiger partial charge >= 0.3 is 0 Å². The van der Waals surface area contributed by atoms with Crippen molar-refractivity contribution in [1.29, 1.82) is 0 Å². The number of hydrogen-bond donors (Lipinski definition) is 1. The van der Waals surface area contributed by atoms with Gasteiger partial charge < -0.3 is 10.2 Å². The molecule has 2 fully saturated rings. The fourth-order valence-electron chi connectivity index (χ4n) is 3.66. The van der Waals surface area contributed by atoms with Crippen LogP contribution in [0, 0.1) is 0 Å². The van der Waals surface area contributed by atoms with Crippen molar-refractivity contribution in [2.45, 2.75) is 47.6 Å². The van der Waals surface area contributed by atoms with E-state index in [1.165, 1.54) is 11.3 Å². The lowest BCUT2D eigenvalue weighted by molar-refractivity contribution is 0.0462. The van der Waals surface area contributed by atoms with E-state index in [0.29, 0.717) is 12.1 Å². The van der Waals surface area contributed by atoms with Crippen LogP contribution in [0.1, 0.15) is 36.0 Å². The van der Waals surface area contributed by atoms with Crippen molar-refractivity contribution >= 4 is 17.7 Å². The molecule has 1 heterocycles. The molecule has 1 N–H and O–H groups in total. The van der Waals surface area contributed by atoms with Crippen molar-refractivity contribution in [2.24, 2.45) is 0 Å². The lowest BCUT2D eigenvalue weighted by Crippen LogP contribution is -2.51. The molecule has 0 unspecified atom stereocenters. The third-order valence-corrected chi connectivity index (χ3v) is 6.30. The quantitative estimate of drug-likeness (QED) is 0.875. The van der Waals surface area contributed by atoms with Crippen molar-refractivity contribution in [3.05, 3.63) is 60.2 Å². The SMILES string of the molecule is O=C(c1ccccc1Sc1ccccc1)N(C1CCC1)[C@H]1CCNC1. The summed E-state index contributed by atoms with van der Waals surface area (Å²) in [4.78, 5) is 17.9. The Labute approximate surface area is 153 Å². The van der Waals surface area contributed by atoms with Crippen molar-refractivity contribution in [1.82, 2.24) is 10.2 Å². The Morgan fingerprint density at radius 2 is 1.72 bits per heavy atom. The molecule has 0 spiro atoms. The zero-order chi connectivity index (χ0) is 17.1. The number of amides is 1. The molecule has 1 saturated heterocycles. The molecule has 0 aromatic heterocycles. The van der Waals surface area contributed by atoms with Crippen molar-refractivity contribution < 1.29 is 4.79 Å². The second-order valence-corrected chi connectivity index (χ2v) is 7.97. The molecule has 1 aliphatic carbocycles. The zero-order valence-corrected chi connectivity index (χ0v) is 15.2. The van der Waals surface area contributed by atoms with E-state index in [1.807, 2.05) is 36.4 Å². The lowest BCUT2D eigenvalue weighted by atomic mass is 9.89. The van der Waals surface area contributed by atoms with Crippen LogP contribution in [-0.4, -0.2) is 36.0 Å². The molecule has 2 aliphatic rings. The van der Waals surface area contributed by atoms with Crippen LogP contribution in [-0.2, 0) is 0 Å². The van der Waals surface area contributed by atoms with Gasteiger partial charge in [0.25, 0.3) is 5.91 Å². The third kappa shape index (κ3) is 3.60. The summed E-state index contributed by atoms with van der Waals surface area (Å²) in [7, 11) is 0. The smallest absolute Gasteiger partial charge is 0.255 e. The predicted molar refractivity (Wildman–Crippen MR) is 102 cm³/mol. The maximum absolute atomic E-state index is 13.5. The van der Waals surface area contributed by atoms with Gasteiger partial charge in [-0.2, -0.15) is 0 Å². The monoisotopic (exact) mass is 352 g/mol. The van der Waals surface area contributed by atoms with Gasteiger partial charge in [-0.1, -0.05) is 42.1 Å². The summed E-state index contributed by atoms with van der Waals surface area (Å²) >= 11 is 1.68. The summed E-state index contributed by atoms with van der Waals surface area (Å²) < 4.78 is 0. The first-order valence-corrected chi connectivity index (χ1v) is 10.00. The van der Waals surface area contributed by atoms with Crippen molar-refractivity contribution in [3.8, 4) is 0 Å². The molecule has 4 rings (SSSR count). The molecule has 1 saturated carbocycles. The molecule has 2 aromatic carbocycles. The Bertz CT molecular complexity index is 724. The molecule has 1 atom stereocenters. The molecular formula is C21H24N2OS. The summed E-state index contributed by atoms with van der Waals surface area (Å²) in [6.07, 6.45) is 4.61. The molecule has 4 heteroatoms. The number of nitrogens with zero attached hydrogens (tertiary/aromatic N) is 1. The van der Waals surface area contributed by atoms with E-state index in [4.69, 9.17) is 0 Å². The van der Waals surface area contributed by atoms with E-state index >= 15 is 0 Å². The molecule has 1 amide bonds. The van der Waals surface area contributed by atoms with Crippen LogP contribution in [0.15, 0.2) is 64.4 Å². The van der Waals surface area contributed by atoms with Gasteiger partial charge in [0.15, 0.2) is 0 Å². The van der Waals surface area contributed by atoms with Gasteiger partial charge in [0.05, 0.1) is 5.56 Å². The number of carbonyl (C=O) groups excluding carboxylic acids is 1. The third-order valence-electron chi connectivity index (χ3n) is 5.22. The van der Waals surface area contributed by atoms with Gasteiger partial charge in [-0.3, -0.25) is 4.79 Å². The minimum absolute atomic E-state index is 0.206. The topological polar surface area (TPSA) is 32.3 Å². The normalized spacial score (nSPS) is 20.2. The van der Waals surface area contributed by atoms with Crippen molar-refractivity contribution in [3.63, 3.8) is 0 Å². The highest BCUT2D eigenvalue weighted by molar-refractivity contribution is 7.99. The number of rotatable bonds is 5. The van der Waals surface area contributed by atoms with Crippen LogP contribution in [0.2, 0.25) is 0 Å². The zero-order valence-electron chi connectivity index (χ0n) is 14.4. The van der Waals surface area contributed by atoms with Crippen LogP contribution >= 0.6 is 11.8 Å². The standard InChI is InChI=1S/C21H24N2OS/c24-21(23(16-7-6-8-16)17-13-14-22-15-17)19-11-4-5-12-20(19)25-18-9-2-1-3-10-18/h1-5,9-12,16-17,22H,6-8,13-15H2/t17-/m0/s1. The largest absolute Gasteiger partial charge is 0.331 e. The van der Waals surface area contributed by atoms with Gasteiger partial charge in [0.2, 0.25) is 0 Å². The molecule has 130 valence electrons. The maximum Gasteiger partial charge on any atom is 0.255 e. The van der Waals surface area contributed by atoms with E-state index in [9.17, 15) is 4.79 Å². The van der Waals surface area contributed by atoms with E-state index in [-0.39, 0.29) is 5.91 Å². The van der Waals surface area contributed by atoms with Crippen molar-refractivity contribution in [2.75, 3.05) is 13.1 Å². The van der Waals surface area contributed by atoms with Gasteiger partial charge in [0.1, 0.15) is 0 Å². The summed E-state index contributed by atoms with van der Waals surface area (Å²) in [5.74, 6) is 0.206. The van der Waals surface area contributed by atoms with E-state index in [0.717, 1.165) is 42.8 Å². The first-order valence-electron chi connectivity index (χ1n) is 9.18. The Morgan fingerprint density at radius 3 is 2.40 bits per heavy atom. The lowest BCUT2D eigenvalue weighted by Gasteiger charge is -2.41. The molecule has 1 aliphatic heterocycles.